The number of hydrogen-bond donors (Lipinski definition) is 0. The molecule has 33 heavy (non-hydrogen) atoms. The van der Waals surface area contributed by atoms with Crippen molar-refractivity contribution in [2.24, 2.45) is 17.8 Å². The fourth-order valence-corrected chi connectivity index (χ4v) is 6.34. The van der Waals surface area contributed by atoms with Crippen LogP contribution in [0, 0.1) is 35.2 Å². The molecule has 0 N–H and O–H groups in total. The zero-order valence-corrected chi connectivity index (χ0v) is 20.0. The second-order valence-electron chi connectivity index (χ2n) is 10.3. The second kappa shape index (κ2) is 11.0. The van der Waals surface area contributed by atoms with E-state index in [0.29, 0.717) is 5.92 Å². The summed E-state index contributed by atoms with van der Waals surface area (Å²) >= 11 is 0. The number of fused-ring (bicyclic) bond motifs is 1. The summed E-state index contributed by atoms with van der Waals surface area (Å²) < 4.78 is 49.1. The second-order valence-corrected chi connectivity index (χ2v) is 10.3. The number of unbranched alkanes of at least 4 members (excludes halogenated alkanes) is 3. The van der Waals surface area contributed by atoms with Crippen molar-refractivity contribution in [1.82, 2.24) is 0 Å². The van der Waals surface area contributed by atoms with Gasteiger partial charge in [-0.2, -0.15) is 0 Å². The van der Waals surface area contributed by atoms with Crippen molar-refractivity contribution in [1.29, 1.82) is 0 Å². The summed E-state index contributed by atoms with van der Waals surface area (Å²) in [6.45, 7) is 2.26. The third-order valence-corrected chi connectivity index (χ3v) is 8.16. The molecule has 4 unspecified atom stereocenters. The molecule has 2 aromatic rings. The molecule has 2 aromatic carbocycles. The van der Waals surface area contributed by atoms with Gasteiger partial charge in [0, 0.05) is 0 Å². The van der Waals surface area contributed by atoms with E-state index in [1.54, 1.807) is 0 Å². The summed E-state index contributed by atoms with van der Waals surface area (Å²) in [7, 11) is 1.36. The average Bonchev–Trinajstić information content (AvgIpc) is 2.81. The Bertz CT molecular complexity index is 917. The summed E-state index contributed by atoms with van der Waals surface area (Å²) in [5.41, 5.74) is 0.774. The summed E-state index contributed by atoms with van der Waals surface area (Å²) in [4.78, 5) is 0. The van der Waals surface area contributed by atoms with E-state index in [1.807, 2.05) is 0 Å². The van der Waals surface area contributed by atoms with Crippen LogP contribution in [0.3, 0.4) is 0 Å². The first-order valence-corrected chi connectivity index (χ1v) is 12.8. The van der Waals surface area contributed by atoms with Gasteiger partial charge in [-0.25, -0.2) is 13.2 Å². The Morgan fingerprint density at radius 2 is 1.55 bits per heavy atom. The molecule has 0 heterocycles. The molecule has 0 radical (unpaired) electrons. The predicted molar refractivity (Wildman–Crippen MR) is 128 cm³/mol. The van der Waals surface area contributed by atoms with E-state index in [1.165, 1.54) is 82.7 Å². The van der Waals surface area contributed by atoms with Crippen LogP contribution in [-0.2, 0) is 0 Å². The van der Waals surface area contributed by atoms with Crippen molar-refractivity contribution < 1.29 is 17.9 Å². The molecule has 2 fully saturated rings. The molecule has 0 aliphatic heterocycles. The van der Waals surface area contributed by atoms with Crippen molar-refractivity contribution in [2.45, 2.75) is 83.5 Å². The van der Waals surface area contributed by atoms with E-state index < -0.39 is 17.5 Å². The zero-order chi connectivity index (χ0) is 23.4. The highest BCUT2D eigenvalue weighted by Gasteiger charge is 2.36. The molecule has 4 rings (SSSR count). The van der Waals surface area contributed by atoms with E-state index >= 15 is 8.78 Å². The summed E-state index contributed by atoms with van der Waals surface area (Å²) in [5.74, 6) is 0.733. The smallest absolute Gasteiger partial charge is 0.165 e. The molecule has 0 spiro atoms. The van der Waals surface area contributed by atoms with Gasteiger partial charge < -0.3 is 4.74 Å². The maximum atomic E-state index is 15.0. The monoisotopic (exact) mass is 458 g/mol. The van der Waals surface area contributed by atoms with Gasteiger partial charge in [0.25, 0.3) is 0 Å². The molecule has 2 saturated carbocycles. The van der Waals surface area contributed by atoms with Crippen LogP contribution in [0.1, 0.15) is 89.0 Å². The van der Waals surface area contributed by atoms with Crippen LogP contribution in [0.4, 0.5) is 13.2 Å². The highest BCUT2D eigenvalue weighted by molar-refractivity contribution is 5.66. The topological polar surface area (TPSA) is 9.23 Å². The molecule has 4 atom stereocenters. The highest BCUT2D eigenvalue weighted by atomic mass is 19.1. The molecule has 0 amide bonds. The van der Waals surface area contributed by atoms with Crippen molar-refractivity contribution in [3.05, 3.63) is 53.3 Å². The molecule has 180 valence electrons. The Morgan fingerprint density at radius 3 is 2.24 bits per heavy atom. The first-order chi connectivity index (χ1) is 16.0. The van der Waals surface area contributed by atoms with Crippen LogP contribution in [0.25, 0.3) is 11.1 Å². The highest BCUT2D eigenvalue weighted by Crippen LogP contribution is 2.49. The van der Waals surface area contributed by atoms with Gasteiger partial charge in [-0.05, 0) is 91.2 Å². The van der Waals surface area contributed by atoms with Gasteiger partial charge in [0.05, 0.1) is 12.7 Å². The minimum absolute atomic E-state index is 0.0589. The Balaban J connectivity index is 1.41. The van der Waals surface area contributed by atoms with Gasteiger partial charge in [0.15, 0.2) is 11.6 Å². The lowest BCUT2D eigenvalue weighted by Crippen LogP contribution is -2.30. The molecule has 0 saturated heterocycles. The maximum Gasteiger partial charge on any atom is 0.165 e. The quantitative estimate of drug-likeness (QED) is 0.359. The maximum absolute atomic E-state index is 15.0. The van der Waals surface area contributed by atoms with Crippen LogP contribution >= 0.6 is 0 Å². The Hall–Kier alpha value is -1.97. The van der Waals surface area contributed by atoms with Crippen molar-refractivity contribution in [3.63, 3.8) is 0 Å². The minimum Gasteiger partial charge on any atom is -0.494 e. The fourth-order valence-electron chi connectivity index (χ4n) is 6.34. The third kappa shape index (κ3) is 5.58. The van der Waals surface area contributed by atoms with E-state index in [9.17, 15) is 4.39 Å². The fraction of sp³-hybridized carbons (Fsp3) is 0.586. The molecule has 2 aliphatic carbocycles. The van der Waals surface area contributed by atoms with Crippen LogP contribution in [0.2, 0.25) is 0 Å². The lowest BCUT2D eigenvalue weighted by molar-refractivity contribution is 0.113. The van der Waals surface area contributed by atoms with Crippen molar-refractivity contribution in [3.8, 4) is 16.9 Å². The van der Waals surface area contributed by atoms with Crippen LogP contribution < -0.4 is 4.74 Å². The standard InChI is InChI=1S/C29H37F3O/c1-3-4-5-6-7-19-8-9-21-15-22(11-10-20(21)14-19)24-17-26(31)29(27(32)18-24)23-12-13-28(33-2)25(30)16-23/h12-13,16-22H,3-11,14-15H2,1-2H3. The van der Waals surface area contributed by atoms with Crippen LogP contribution in [-0.4, -0.2) is 7.11 Å². The lowest BCUT2D eigenvalue weighted by atomic mass is 9.63. The zero-order valence-electron chi connectivity index (χ0n) is 20.0. The summed E-state index contributed by atoms with van der Waals surface area (Å²) in [6.07, 6.45) is 13.8. The van der Waals surface area contributed by atoms with Gasteiger partial charge in [0.1, 0.15) is 11.6 Å². The number of benzene rings is 2. The molecule has 0 aromatic heterocycles. The van der Waals surface area contributed by atoms with E-state index in [4.69, 9.17) is 4.74 Å². The van der Waals surface area contributed by atoms with Crippen molar-refractivity contribution in [2.75, 3.05) is 7.11 Å². The van der Waals surface area contributed by atoms with E-state index in [-0.39, 0.29) is 22.8 Å². The number of methoxy groups -OCH3 is 1. The third-order valence-electron chi connectivity index (χ3n) is 8.16. The predicted octanol–water partition coefficient (Wildman–Crippen LogP) is 9.05. The van der Waals surface area contributed by atoms with Gasteiger partial charge in [-0.15, -0.1) is 0 Å². The van der Waals surface area contributed by atoms with E-state index in [2.05, 4.69) is 6.92 Å². The first kappa shape index (κ1) is 24.2. The minimum atomic E-state index is -0.628. The van der Waals surface area contributed by atoms with Gasteiger partial charge in [0.2, 0.25) is 0 Å². The molecular weight excluding hydrogens is 421 g/mol. The number of ether oxygens (including phenoxy) is 1. The largest absolute Gasteiger partial charge is 0.494 e. The normalized spacial score (nSPS) is 25.0. The van der Waals surface area contributed by atoms with Crippen molar-refractivity contribution >= 4 is 0 Å². The van der Waals surface area contributed by atoms with Gasteiger partial charge >= 0.3 is 0 Å². The Labute approximate surface area is 196 Å². The molecule has 2 aliphatic rings. The van der Waals surface area contributed by atoms with Crippen LogP contribution in [0.15, 0.2) is 30.3 Å². The lowest BCUT2D eigenvalue weighted by Gasteiger charge is -2.42. The number of rotatable bonds is 8. The average molecular weight is 459 g/mol. The van der Waals surface area contributed by atoms with Gasteiger partial charge in [-0.3, -0.25) is 0 Å². The number of halogens is 3. The molecular formula is C29H37F3O. The number of hydrogen-bond acceptors (Lipinski definition) is 1. The SMILES string of the molecule is CCCCCCC1CCC2CC(c3cc(F)c(-c4ccc(OC)c(F)c4)c(F)c3)CCC2C1. The molecule has 4 heteroatoms. The van der Waals surface area contributed by atoms with Crippen LogP contribution in [0.5, 0.6) is 5.75 Å². The van der Waals surface area contributed by atoms with E-state index in [0.717, 1.165) is 42.7 Å². The Kier molecular flexibility index (Phi) is 8.03. The Morgan fingerprint density at radius 1 is 0.818 bits per heavy atom. The van der Waals surface area contributed by atoms with Gasteiger partial charge in [-0.1, -0.05) is 51.5 Å². The summed E-state index contributed by atoms with van der Waals surface area (Å²) in [6, 6.07) is 6.98. The summed E-state index contributed by atoms with van der Waals surface area (Å²) in [5, 5.41) is 0. The molecule has 1 nitrogen and oxygen atoms in total. The first-order valence-electron chi connectivity index (χ1n) is 12.8. The molecule has 0 bridgehead atoms.